The molecule has 0 radical (unpaired) electrons. The normalized spacial score (nSPS) is 11.7. The number of carbonyl (C=O) groups is 1. The first-order chi connectivity index (χ1) is 13.2. The molecule has 0 spiro atoms. The topological polar surface area (TPSA) is 72.7 Å². The number of aromatic nitrogens is 4. The minimum atomic E-state index is -0.0520. The molecular weight excluding hydrogens is 358 g/mol. The van der Waals surface area contributed by atoms with E-state index in [2.05, 4.69) is 27.1 Å². The molecule has 0 aliphatic carbocycles. The highest BCUT2D eigenvalue weighted by Gasteiger charge is 2.16. The molecule has 1 aromatic carbocycles. The fourth-order valence-corrected chi connectivity index (χ4v) is 3.37. The third-order valence-electron chi connectivity index (χ3n) is 3.93. The Kier molecular flexibility index (Phi) is 6.38. The van der Waals surface area contributed by atoms with Crippen LogP contribution in [0.25, 0.3) is 11.5 Å². The van der Waals surface area contributed by atoms with Gasteiger partial charge in [0.05, 0.1) is 11.8 Å². The van der Waals surface area contributed by atoms with Gasteiger partial charge in [-0.15, -0.1) is 16.8 Å². The summed E-state index contributed by atoms with van der Waals surface area (Å²) in [6.45, 7) is 6.31. The van der Waals surface area contributed by atoms with Crippen LogP contribution in [0.5, 0.6) is 0 Å². The summed E-state index contributed by atoms with van der Waals surface area (Å²) in [7, 11) is 0. The van der Waals surface area contributed by atoms with Crippen LogP contribution in [0.2, 0.25) is 0 Å². The van der Waals surface area contributed by atoms with Crippen molar-refractivity contribution in [2.75, 3.05) is 5.75 Å². The van der Waals surface area contributed by atoms with E-state index in [9.17, 15) is 4.79 Å². The van der Waals surface area contributed by atoms with Gasteiger partial charge in [-0.25, -0.2) is 0 Å². The predicted molar refractivity (Wildman–Crippen MR) is 107 cm³/mol. The number of carbonyl (C=O) groups excluding carboxylic acids is 1. The van der Waals surface area contributed by atoms with Crippen molar-refractivity contribution in [3.63, 3.8) is 0 Å². The summed E-state index contributed by atoms with van der Waals surface area (Å²) in [6.07, 6.45) is 3.49. The molecule has 1 atom stereocenters. The molecule has 0 aliphatic rings. The molecule has 3 rings (SSSR count). The molecule has 138 valence electrons. The van der Waals surface area contributed by atoms with Gasteiger partial charge in [0.25, 0.3) is 0 Å². The van der Waals surface area contributed by atoms with E-state index >= 15 is 0 Å². The van der Waals surface area contributed by atoms with E-state index < -0.39 is 0 Å². The quantitative estimate of drug-likeness (QED) is 0.479. The molecule has 0 saturated carbocycles. The molecule has 0 aliphatic heterocycles. The second-order valence-corrected chi connectivity index (χ2v) is 6.85. The van der Waals surface area contributed by atoms with E-state index in [0.717, 1.165) is 11.3 Å². The maximum Gasteiger partial charge on any atom is 0.230 e. The Hall–Kier alpha value is -2.93. The fraction of sp³-hybridized carbons (Fsp3) is 0.200. The largest absolute Gasteiger partial charge is 0.349 e. The van der Waals surface area contributed by atoms with Crippen LogP contribution in [-0.4, -0.2) is 31.4 Å². The molecule has 0 saturated heterocycles. The Bertz CT molecular complexity index is 895. The molecule has 3 aromatic rings. The first kappa shape index (κ1) is 18.8. The SMILES string of the molecule is C=CCn1c(SCC(=O)N[C@H](C)c2ccccc2)nnc1-c1ccccn1. The molecule has 0 unspecified atom stereocenters. The Morgan fingerprint density at radius 3 is 2.70 bits per heavy atom. The number of nitrogens with zero attached hydrogens (tertiary/aromatic N) is 4. The van der Waals surface area contributed by atoms with E-state index in [4.69, 9.17) is 0 Å². The van der Waals surface area contributed by atoms with Gasteiger partial charge in [-0.3, -0.25) is 14.3 Å². The van der Waals surface area contributed by atoms with E-state index in [0.29, 0.717) is 17.5 Å². The number of thioether (sulfide) groups is 1. The van der Waals surface area contributed by atoms with Gasteiger partial charge in [0, 0.05) is 12.7 Å². The number of hydrogen-bond donors (Lipinski definition) is 1. The Labute approximate surface area is 162 Å². The highest BCUT2D eigenvalue weighted by molar-refractivity contribution is 7.99. The summed E-state index contributed by atoms with van der Waals surface area (Å²) in [5.41, 5.74) is 1.81. The van der Waals surface area contributed by atoms with Crippen LogP contribution < -0.4 is 5.32 Å². The van der Waals surface area contributed by atoms with Crippen molar-refractivity contribution in [1.29, 1.82) is 0 Å². The number of amides is 1. The van der Waals surface area contributed by atoms with Gasteiger partial charge in [0.2, 0.25) is 5.91 Å². The third-order valence-corrected chi connectivity index (χ3v) is 4.90. The zero-order chi connectivity index (χ0) is 19.1. The second kappa shape index (κ2) is 9.14. The van der Waals surface area contributed by atoms with Crippen molar-refractivity contribution in [2.24, 2.45) is 0 Å². The summed E-state index contributed by atoms with van der Waals surface area (Å²) in [5.74, 6) is 0.870. The van der Waals surface area contributed by atoms with Crippen LogP contribution in [0.3, 0.4) is 0 Å². The highest BCUT2D eigenvalue weighted by atomic mass is 32.2. The summed E-state index contributed by atoms with van der Waals surface area (Å²) in [6, 6.07) is 15.5. The molecule has 0 fully saturated rings. The Balaban J connectivity index is 1.66. The number of hydrogen-bond acceptors (Lipinski definition) is 5. The highest BCUT2D eigenvalue weighted by Crippen LogP contribution is 2.23. The minimum Gasteiger partial charge on any atom is -0.349 e. The molecule has 1 amide bonds. The van der Waals surface area contributed by atoms with Crippen molar-refractivity contribution < 1.29 is 4.79 Å². The Morgan fingerprint density at radius 2 is 2.00 bits per heavy atom. The number of rotatable bonds is 8. The Morgan fingerprint density at radius 1 is 1.22 bits per heavy atom. The zero-order valence-electron chi connectivity index (χ0n) is 15.1. The van der Waals surface area contributed by atoms with Gasteiger partial charge in [-0.05, 0) is 24.6 Å². The molecule has 0 bridgehead atoms. The number of allylic oxidation sites excluding steroid dienone is 1. The maximum atomic E-state index is 12.3. The number of nitrogens with one attached hydrogen (secondary N) is 1. The lowest BCUT2D eigenvalue weighted by molar-refractivity contribution is -0.119. The van der Waals surface area contributed by atoms with E-state index in [1.807, 2.05) is 60.0 Å². The predicted octanol–water partition coefficient (Wildman–Crippen LogP) is 3.50. The lowest BCUT2D eigenvalue weighted by atomic mass is 10.1. The number of benzene rings is 1. The van der Waals surface area contributed by atoms with Gasteiger partial charge < -0.3 is 5.32 Å². The molecule has 27 heavy (non-hydrogen) atoms. The number of pyridine rings is 1. The molecule has 2 heterocycles. The summed E-state index contributed by atoms with van der Waals surface area (Å²) in [5, 5.41) is 12.1. The zero-order valence-corrected chi connectivity index (χ0v) is 15.9. The van der Waals surface area contributed by atoms with Crippen molar-refractivity contribution in [3.8, 4) is 11.5 Å². The van der Waals surface area contributed by atoms with Crippen LogP contribution in [0.4, 0.5) is 0 Å². The lowest BCUT2D eigenvalue weighted by Crippen LogP contribution is -2.28. The van der Waals surface area contributed by atoms with Crippen LogP contribution in [0, 0.1) is 0 Å². The average Bonchev–Trinajstić information content (AvgIpc) is 3.10. The van der Waals surface area contributed by atoms with Gasteiger partial charge in [0.1, 0.15) is 5.69 Å². The van der Waals surface area contributed by atoms with Gasteiger partial charge >= 0.3 is 0 Å². The molecule has 6 nitrogen and oxygen atoms in total. The average molecular weight is 379 g/mol. The van der Waals surface area contributed by atoms with E-state index in [1.54, 1.807) is 12.3 Å². The smallest absolute Gasteiger partial charge is 0.230 e. The maximum absolute atomic E-state index is 12.3. The van der Waals surface area contributed by atoms with Gasteiger partial charge in [-0.2, -0.15) is 0 Å². The molecular formula is C20H21N5OS. The lowest BCUT2D eigenvalue weighted by Gasteiger charge is -2.14. The van der Waals surface area contributed by atoms with E-state index in [1.165, 1.54) is 11.8 Å². The summed E-state index contributed by atoms with van der Waals surface area (Å²) >= 11 is 1.35. The second-order valence-electron chi connectivity index (χ2n) is 5.91. The van der Waals surface area contributed by atoms with Gasteiger partial charge in [-0.1, -0.05) is 54.2 Å². The van der Waals surface area contributed by atoms with Crippen molar-refractivity contribution in [1.82, 2.24) is 25.1 Å². The standard InChI is InChI=1S/C20H21N5OS/c1-3-13-25-19(17-11-7-8-12-21-17)23-24-20(25)27-14-18(26)22-15(2)16-9-5-4-6-10-16/h3-12,15H,1,13-14H2,2H3,(H,22,26)/t15-/m1/s1. The third kappa shape index (κ3) is 4.83. The summed E-state index contributed by atoms with van der Waals surface area (Å²) < 4.78 is 1.91. The molecule has 7 heteroatoms. The minimum absolute atomic E-state index is 0.0468. The van der Waals surface area contributed by atoms with Crippen molar-refractivity contribution >= 4 is 17.7 Å². The van der Waals surface area contributed by atoms with E-state index in [-0.39, 0.29) is 17.7 Å². The fourth-order valence-electron chi connectivity index (χ4n) is 2.61. The van der Waals surface area contributed by atoms with Crippen molar-refractivity contribution in [3.05, 3.63) is 72.9 Å². The van der Waals surface area contributed by atoms with Crippen LogP contribution in [-0.2, 0) is 11.3 Å². The van der Waals surface area contributed by atoms with Gasteiger partial charge in [0.15, 0.2) is 11.0 Å². The van der Waals surface area contributed by atoms with Crippen LogP contribution in [0.15, 0.2) is 72.5 Å². The monoisotopic (exact) mass is 379 g/mol. The van der Waals surface area contributed by atoms with Crippen molar-refractivity contribution in [2.45, 2.75) is 24.7 Å². The first-order valence-electron chi connectivity index (χ1n) is 8.61. The molecule has 2 aromatic heterocycles. The summed E-state index contributed by atoms with van der Waals surface area (Å²) in [4.78, 5) is 16.7. The molecule has 1 N–H and O–H groups in total. The first-order valence-corrected chi connectivity index (χ1v) is 9.60. The van der Waals surface area contributed by atoms with Crippen LogP contribution in [0.1, 0.15) is 18.5 Å². The van der Waals surface area contributed by atoms with Crippen LogP contribution >= 0.6 is 11.8 Å².